The van der Waals surface area contributed by atoms with Crippen molar-refractivity contribution in [3.05, 3.63) is 35.4 Å². The molecule has 2 nitrogen and oxygen atoms in total. The van der Waals surface area contributed by atoms with Crippen LogP contribution < -0.4 is 0 Å². The standard InChI is InChI=1S/C20H30N2/c1-2-4-6-8-10-16-22-18-20-13-11-19(12-14-20)17-21-15-9-7-5-3-1/h11-14,17-18H,1-10,15-16H2. The van der Waals surface area contributed by atoms with Crippen LogP contribution in [0, 0.1) is 0 Å². The van der Waals surface area contributed by atoms with Crippen molar-refractivity contribution >= 4 is 12.4 Å². The first-order chi connectivity index (χ1) is 10.9. The van der Waals surface area contributed by atoms with Crippen LogP contribution in [0.2, 0.25) is 0 Å². The molecule has 1 aromatic rings. The first-order valence-corrected chi connectivity index (χ1v) is 9.05. The molecule has 3 rings (SSSR count). The third-order valence-corrected chi connectivity index (χ3v) is 4.24. The van der Waals surface area contributed by atoms with Crippen LogP contribution in [0.15, 0.2) is 34.3 Å². The molecule has 0 atom stereocenters. The molecule has 2 heterocycles. The summed E-state index contributed by atoms with van der Waals surface area (Å²) >= 11 is 0. The monoisotopic (exact) mass is 298 g/mol. The van der Waals surface area contributed by atoms with Crippen molar-refractivity contribution in [1.29, 1.82) is 0 Å². The second-order valence-electron chi connectivity index (χ2n) is 6.27. The number of fused-ring (bicyclic) bond motifs is 15. The Morgan fingerprint density at radius 1 is 0.455 bits per heavy atom. The number of hydrogen-bond acceptors (Lipinski definition) is 2. The fourth-order valence-corrected chi connectivity index (χ4v) is 2.83. The molecular weight excluding hydrogens is 268 g/mol. The van der Waals surface area contributed by atoms with Gasteiger partial charge in [-0.25, -0.2) is 0 Å². The highest BCUT2D eigenvalue weighted by Gasteiger charge is 1.94. The van der Waals surface area contributed by atoms with Crippen LogP contribution in [0.3, 0.4) is 0 Å². The lowest BCUT2D eigenvalue weighted by molar-refractivity contribution is 0.555. The minimum atomic E-state index is 0.962. The molecule has 1 aromatic carbocycles. The molecule has 2 aliphatic rings. The van der Waals surface area contributed by atoms with Gasteiger partial charge in [0, 0.05) is 25.5 Å². The smallest absolute Gasteiger partial charge is 0.0389 e. The van der Waals surface area contributed by atoms with Crippen molar-refractivity contribution < 1.29 is 0 Å². The molecule has 0 aromatic heterocycles. The Morgan fingerprint density at radius 2 is 0.773 bits per heavy atom. The van der Waals surface area contributed by atoms with Crippen LogP contribution in [0.4, 0.5) is 0 Å². The number of aliphatic imine (C=N–C) groups is 2. The summed E-state index contributed by atoms with van der Waals surface area (Å²) in [6.07, 6.45) is 17.5. The molecule has 0 aliphatic carbocycles. The van der Waals surface area contributed by atoms with Gasteiger partial charge in [0.15, 0.2) is 0 Å². The molecule has 0 spiro atoms. The molecule has 120 valence electrons. The number of hydrogen-bond donors (Lipinski definition) is 0. The lowest BCUT2D eigenvalue weighted by Crippen LogP contribution is -1.89. The number of nitrogens with zero attached hydrogens (tertiary/aromatic N) is 2. The minimum absolute atomic E-state index is 0.962. The van der Waals surface area contributed by atoms with E-state index < -0.39 is 0 Å². The summed E-state index contributed by atoms with van der Waals surface area (Å²) in [5.74, 6) is 0. The Kier molecular flexibility index (Phi) is 8.59. The van der Waals surface area contributed by atoms with Crippen molar-refractivity contribution in [2.75, 3.05) is 13.1 Å². The van der Waals surface area contributed by atoms with Gasteiger partial charge in [-0.2, -0.15) is 0 Å². The predicted molar refractivity (Wildman–Crippen MR) is 97.5 cm³/mol. The predicted octanol–water partition coefficient (Wildman–Crippen LogP) is 5.44. The molecule has 0 saturated carbocycles. The minimum Gasteiger partial charge on any atom is -0.293 e. The van der Waals surface area contributed by atoms with E-state index >= 15 is 0 Å². The zero-order chi connectivity index (χ0) is 15.3. The second-order valence-corrected chi connectivity index (χ2v) is 6.27. The van der Waals surface area contributed by atoms with E-state index in [1.807, 2.05) is 12.4 Å². The van der Waals surface area contributed by atoms with Gasteiger partial charge in [-0.1, -0.05) is 75.6 Å². The largest absolute Gasteiger partial charge is 0.293 e. The van der Waals surface area contributed by atoms with Gasteiger partial charge < -0.3 is 0 Å². The quantitative estimate of drug-likeness (QED) is 0.609. The van der Waals surface area contributed by atoms with E-state index in [9.17, 15) is 0 Å². The summed E-state index contributed by atoms with van der Waals surface area (Å²) < 4.78 is 0. The lowest BCUT2D eigenvalue weighted by Gasteiger charge is -2.02. The summed E-state index contributed by atoms with van der Waals surface area (Å²) in [7, 11) is 0. The second kappa shape index (κ2) is 11.2. The lowest BCUT2D eigenvalue weighted by atomic mass is 10.1. The van der Waals surface area contributed by atoms with Gasteiger partial charge in [-0.3, -0.25) is 9.98 Å². The van der Waals surface area contributed by atoms with Crippen LogP contribution >= 0.6 is 0 Å². The molecule has 0 saturated heterocycles. The van der Waals surface area contributed by atoms with Gasteiger partial charge in [0.25, 0.3) is 0 Å². The van der Waals surface area contributed by atoms with E-state index in [0.717, 1.165) is 13.1 Å². The zero-order valence-corrected chi connectivity index (χ0v) is 13.8. The average molecular weight is 298 g/mol. The van der Waals surface area contributed by atoms with Crippen molar-refractivity contribution in [3.8, 4) is 0 Å². The van der Waals surface area contributed by atoms with Gasteiger partial charge in [0.2, 0.25) is 0 Å². The Balaban J connectivity index is 1.84. The highest BCUT2D eigenvalue weighted by atomic mass is 14.7. The topological polar surface area (TPSA) is 24.7 Å². The molecule has 2 aliphatic heterocycles. The van der Waals surface area contributed by atoms with Gasteiger partial charge in [0.05, 0.1) is 0 Å². The molecule has 0 amide bonds. The Morgan fingerprint density at radius 3 is 1.14 bits per heavy atom. The molecule has 0 N–H and O–H groups in total. The zero-order valence-electron chi connectivity index (χ0n) is 13.8. The van der Waals surface area contributed by atoms with Gasteiger partial charge in [-0.05, 0) is 24.0 Å². The van der Waals surface area contributed by atoms with Gasteiger partial charge >= 0.3 is 0 Å². The highest BCUT2D eigenvalue weighted by molar-refractivity contribution is 5.84. The normalized spacial score (nSPS) is 19.1. The van der Waals surface area contributed by atoms with Gasteiger partial charge in [-0.15, -0.1) is 0 Å². The summed E-state index contributed by atoms with van der Waals surface area (Å²) in [5, 5.41) is 0. The SMILES string of the molecule is C1=NCCCCCCCCCCCCN=Cc2ccc1cc2. The molecule has 2 bridgehead atoms. The van der Waals surface area contributed by atoms with E-state index in [1.165, 1.54) is 75.3 Å². The van der Waals surface area contributed by atoms with Crippen LogP contribution in [-0.2, 0) is 0 Å². The van der Waals surface area contributed by atoms with E-state index in [1.54, 1.807) is 0 Å². The molecule has 2 heteroatoms. The summed E-state index contributed by atoms with van der Waals surface area (Å²) in [6, 6.07) is 8.51. The van der Waals surface area contributed by atoms with E-state index in [4.69, 9.17) is 0 Å². The van der Waals surface area contributed by atoms with Crippen LogP contribution in [0.25, 0.3) is 0 Å². The maximum Gasteiger partial charge on any atom is 0.0389 e. The highest BCUT2D eigenvalue weighted by Crippen LogP contribution is 2.11. The fourth-order valence-electron chi connectivity index (χ4n) is 2.83. The summed E-state index contributed by atoms with van der Waals surface area (Å²) in [4.78, 5) is 9.06. The van der Waals surface area contributed by atoms with Crippen molar-refractivity contribution in [2.24, 2.45) is 9.98 Å². The van der Waals surface area contributed by atoms with E-state index in [2.05, 4.69) is 34.3 Å². The Hall–Kier alpha value is -1.44. The van der Waals surface area contributed by atoms with Crippen molar-refractivity contribution in [3.63, 3.8) is 0 Å². The van der Waals surface area contributed by atoms with Crippen LogP contribution in [0.1, 0.15) is 75.3 Å². The summed E-state index contributed by atoms with van der Waals surface area (Å²) in [5.41, 5.74) is 2.37. The maximum absolute atomic E-state index is 4.53. The Labute approximate surface area is 135 Å². The van der Waals surface area contributed by atoms with Crippen molar-refractivity contribution in [2.45, 2.75) is 64.2 Å². The van der Waals surface area contributed by atoms with E-state index in [0.29, 0.717) is 0 Å². The molecule has 22 heavy (non-hydrogen) atoms. The molecule has 0 unspecified atom stereocenters. The summed E-state index contributed by atoms with van der Waals surface area (Å²) in [6.45, 7) is 1.92. The average Bonchev–Trinajstić information content (AvgIpc) is 2.55. The molecule has 0 radical (unpaired) electrons. The molecule has 0 fully saturated rings. The molecular formula is C20H30N2. The first-order valence-electron chi connectivity index (χ1n) is 9.05. The van der Waals surface area contributed by atoms with Crippen LogP contribution in [-0.4, -0.2) is 25.5 Å². The third kappa shape index (κ3) is 7.53. The first kappa shape index (κ1) is 16.9. The maximum atomic E-state index is 4.53. The van der Waals surface area contributed by atoms with Gasteiger partial charge in [0.1, 0.15) is 0 Å². The van der Waals surface area contributed by atoms with E-state index in [-0.39, 0.29) is 0 Å². The fraction of sp³-hybridized carbons (Fsp3) is 0.600. The Bertz CT molecular complexity index is 402. The third-order valence-electron chi connectivity index (χ3n) is 4.24. The number of rotatable bonds is 0. The van der Waals surface area contributed by atoms with Crippen molar-refractivity contribution in [1.82, 2.24) is 0 Å². The van der Waals surface area contributed by atoms with Crippen LogP contribution in [0.5, 0.6) is 0 Å². The number of benzene rings is 1.